The number of hydrogen-bond acceptors (Lipinski definition) is 5. The topological polar surface area (TPSA) is 86.3 Å². The Labute approximate surface area is 141 Å². The lowest BCUT2D eigenvalue weighted by Crippen LogP contribution is -2.45. The third-order valence-electron chi connectivity index (χ3n) is 4.24. The van der Waals surface area contributed by atoms with Gasteiger partial charge in [0.15, 0.2) is 0 Å². The first-order valence-electron chi connectivity index (χ1n) is 8.26. The Hall–Kier alpha value is -2.41. The lowest BCUT2D eigenvalue weighted by atomic mass is 10.1. The lowest BCUT2D eigenvalue weighted by molar-refractivity contribution is -0.139. The average molecular weight is 329 g/mol. The number of amides is 1. The van der Waals surface area contributed by atoms with Gasteiger partial charge in [0.1, 0.15) is 5.82 Å². The fraction of sp³-hybridized carbons (Fsp3) is 0.471. The van der Waals surface area contributed by atoms with Gasteiger partial charge in [-0.3, -0.25) is 4.79 Å². The second kappa shape index (κ2) is 7.92. The summed E-state index contributed by atoms with van der Waals surface area (Å²) >= 11 is 0. The van der Waals surface area contributed by atoms with Crippen LogP contribution in [0.15, 0.2) is 37.1 Å². The van der Waals surface area contributed by atoms with Crippen molar-refractivity contribution in [3.05, 3.63) is 42.6 Å². The molecule has 0 aromatic carbocycles. The number of morpholine rings is 1. The van der Waals surface area contributed by atoms with E-state index in [4.69, 9.17) is 10.5 Å². The van der Waals surface area contributed by atoms with Crippen LogP contribution >= 0.6 is 0 Å². The fourth-order valence-corrected chi connectivity index (χ4v) is 2.90. The minimum absolute atomic E-state index is 0.0744. The van der Waals surface area contributed by atoms with Crippen LogP contribution < -0.4 is 5.73 Å². The zero-order valence-corrected chi connectivity index (χ0v) is 13.7. The normalized spacial score (nSPS) is 17.8. The first kappa shape index (κ1) is 16.4. The van der Waals surface area contributed by atoms with Gasteiger partial charge in [-0.15, -0.1) is 0 Å². The quantitative estimate of drug-likeness (QED) is 0.858. The van der Waals surface area contributed by atoms with Gasteiger partial charge in [-0.25, -0.2) is 9.97 Å². The number of imidazole rings is 1. The summed E-state index contributed by atoms with van der Waals surface area (Å²) in [5.74, 6) is 0.707. The van der Waals surface area contributed by atoms with E-state index >= 15 is 0 Å². The predicted octanol–water partition coefficient (Wildman–Crippen LogP) is 1.11. The van der Waals surface area contributed by atoms with E-state index in [1.807, 2.05) is 27.8 Å². The summed E-state index contributed by atoms with van der Waals surface area (Å²) in [4.78, 5) is 22.3. The lowest BCUT2D eigenvalue weighted by Gasteiger charge is -2.33. The number of ether oxygens (including phenoxy) is 1. The number of nitrogen functional groups attached to an aromatic ring is 1. The monoisotopic (exact) mass is 329 g/mol. The van der Waals surface area contributed by atoms with Crippen molar-refractivity contribution in [1.29, 1.82) is 0 Å². The van der Waals surface area contributed by atoms with Gasteiger partial charge in [0.25, 0.3) is 0 Å². The molecule has 1 aliphatic heterocycles. The smallest absolute Gasteiger partial charge is 0.224 e. The Kier molecular flexibility index (Phi) is 5.43. The summed E-state index contributed by atoms with van der Waals surface area (Å²) in [6, 6.07) is 3.85. The van der Waals surface area contributed by atoms with Crippen molar-refractivity contribution in [2.24, 2.45) is 0 Å². The van der Waals surface area contributed by atoms with Crippen LogP contribution in [0, 0.1) is 0 Å². The number of anilines is 1. The van der Waals surface area contributed by atoms with Crippen LogP contribution in [-0.2, 0) is 22.5 Å². The fourth-order valence-electron chi connectivity index (χ4n) is 2.90. The molecule has 0 bridgehead atoms. The van der Waals surface area contributed by atoms with Gasteiger partial charge in [-0.2, -0.15) is 0 Å². The van der Waals surface area contributed by atoms with E-state index in [2.05, 4.69) is 9.97 Å². The molecular formula is C17H23N5O2. The van der Waals surface area contributed by atoms with Gasteiger partial charge < -0.3 is 19.9 Å². The summed E-state index contributed by atoms with van der Waals surface area (Å²) in [5, 5.41) is 0. The molecule has 0 aliphatic carbocycles. The molecule has 1 amide bonds. The Morgan fingerprint density at radius 2 is 2.33 bits per heavy atom. The van der Waals surface area contributed by atoms with Gasteiger partial charge in [0.05, 0.1) is 19.0 Å². The van der Waals surface area contributed by atoms with Crippen LogP contribution in [0.1, 0.15) is 18.4 Å². The highest BCUT2D eigenvalue weighted by Crippen LogP contribution is 2.14. The maximum absolute atomic E-state index is 12.4. The molecule has 7 nitrogen and oxygen atoms in total. The minimum atomic E-state index is 0.0744. The zero-order valence-electron chi connectivity index (χ0n) is 13.7. The summed E-state index contributed by atoms with van der Waals surface area (Å²) in [5.41, 5.74) is 6.85. The number of nitrogens with zero attached hydrogens (tertiary/aromatic N) is 4. The third-order valence-corrected chi connectivity index (χ3v) is 4.24. The van der Waals surface area contributed by atoms with Crippen LogP contribution in [-0.4, -0.2) is 51.1 Å². The maximum Gasteiger partial charge on any atom is 0.224 e. The molecule has 2 aromatic heterocycles. The first-order valence-corrected chi connectivity index (χ1v) is 8.26. The van der Waals surface area contributed by atoms with E-state index in [0.29, 0.717) is 38.5 Å². The molecule has 3 heterocycles. The molecular weight excluding hydrogens is 306 g/mol. The average Bonchev–Trinajstić information content (AvgIpc) is 3.12. The summed E-state index contributed by atoms with van der Waals surface area (Å²) < 4.78 is 7.73. The second-order valence-electron chi connectivity index (χ2n) is 6.01. The summed E-state index contributed by atoms with van der Waals surface area (Å²) in [6.07, 6.45) is 9.35. The molecule has 24 heavy (non-hydrogen) atoms. The number of aryl methyl sites for hydroxylation is 2. The van der Waals surface area contributed by atoms with Gasteiger partial charge >= 0.3 is 0 Å². The van der Waals surface area contributed by atoms with Crippen LogP contribution in [0.5, 0.6) is 0 Å². The number of pyridine rings is 1. The van der Waals surface area contributed by atoms with E-state index in [9.17, 15) is 4.79 Å². The molecule has 2 aromatic rings. The highest BCUT2D eigenvalue weighted by molar-refractivity contribution is 5.76. The number of carbonyl (C=O) groups excluding carboxylic acids is 1. The highest BCUT2D eigenvalue weighted by Gasteiger charge is 2.23. The molecule has 1 saturated heterocycles. The van der Waals surface area contributed by atoms with Crippen LogP contribution in [0.3, 0.4) is 0 Å². The standard InChI is InChI=1S/C17H23N5O2/c18-16-11-14(3-5-20-16)1-2-15-12-22(9-10-24-15)17(23)4-7-21-8-6-19-13-21/h3,5-6,8,11,13,15H,1-2,4,7,9-10,12H2,(H2,18,20)/t15-/m0/s1. The van der Waals surface area contributed by atoms with E-state index in [0.717, 1.165) is 18.4 Å². The molecule has 1 fully saturated rings. The van der Waals surface area contributed by atoms with Gasteiger partial charge in [-0.05, 0) is 30.5 Å². The van der Waals surface area contributed by atoms with Crippen molar-refractivity contribution in [2.75, 3.05) is 25.4 Å². The third kappa shape index (κ3) is 4.55. The van der Waals surface area contributed by atoms with Crippen molar-refractivity contribution in [1.82, 2.24) is 19.4 Å². The van der Waals surface area contributed by atoms with E-state index in [1.165, 1.54) is 0 Å². The first-order chi connectivity index (χ1) is 11.7. The largest absolute Gasteiger partial charge is 0.384 e. The Morgan fingerprint density at radius 3 is 3.12 bits per heavy atom. The van der Waals surface area contributed by atoms with Crippen molar-refractivity contribution in [3.63, 3.8) is 0 Å². The van der Waals surface area contributed by atoms with Crippen LogP contribution in [0.25, 0.3) is 0 Å². The minimum Gasteiger partial charge on any atom is -0.384 e. The van der Waals surface area contributed by atoms with Crippen molar-refractivity contribution < 1.29 is 9.53 Å². The molecule has 7 heteroatoms. The number of rotatable bonds is 6. The van der Waals surface area contributed by atoms with Crippen molar-refractivity contribution >= 4 is 11.7 Å². The Balaban J connectivity index is 1.46. The molecule has 1 atom stereocenters. The maximum atomic E-state index is 12.4. The van der Waals surface area contributed by atoms with Crippen LogP contribution in [0.4, 0.5) is 5.82 Å². The van der Waals surface area contributed by atoms with Crippen molar-refractivity contribution in [2.45, 2.75) is 31.9 Å². The van der Waals surface area contributed by atoms with Gasteiger partial charge in [-0.1, -0.05) is 0 Å². The van der Waals surface area contributed by atoms with Crippen LogP contribution in [0.2, 0.25) is 0 Å². The molecule has 3 rings (SSSR count). The zero-order chi connectivity index (χ0) is 16.8. The molecule has 0 unspecified atom stereocenters. The van der Waals surface area contributed by atoms with E-state index < -0.39 is 0 Å². The Morgan fingerprint density at radius 1 is 1.42 bits per heavy atom. The summed E-state index contributed by atoms with van der Waals surface area (Å²) in [7, 11) is 0. The number of carbonyl (C=O) groups is 1. The number of aromatic nitrogens is 3. The molecule has 0 spiro atoms. The second-order valence-corrected chi connectivity index (χ2v) is 6.01. The van der Waals surface area contributed by atoms with E-state index in [-0.39, 0.29) is 12.0 Å². The van der Waals surface area contributed by atoms with Gasteiger partial charge in [0, 0.05) is 44.6 Å². The van der Waals surface area contributed by atoms with Crippen molar-refractivity contribution in [3.8, 4) is 0 Å². The number of nitrogens with two attached hydrogens (primary N) is 1. The van der Waals surface area contributed by atoms with E-state index in [1.54, 1.807) is 18.7 Å². The summed E-state index contributed by atoms with van der Waals surface area (Å²) in [6.45, 7) is 2.59. The molecule has 0 saturated carbocycles. The molecule has 0 radical (unpaired) electrons. The number of hydrogen-bond donors (Lipinski definition) is 1. The molecule has 2 N–H and O–H groups in total. The Bertz CT molecular complexity index is 659. The molecule has 128 valence electrons. The van der Waals surface area contributed by atoms with Gasteiger partial charge in [0.2, 0.25) is 5.91 Å². The highest BCUT2D eigenvalue weighted by atomic mass is 16.5. The molecule has 1 aliphatic rings. The predicted molar refractivity (Wildman–Crippen MR) is 90.1 cm³/mol. The SMILES string of the molecule is Nc1cc(CC[C@H]2CN(C(=O)CCn3ccnc3)CCO2)ccn1.